The van der Waals surface area contributed by atoms with Crippen LogP contribution < -0.4 is 5.32 Å². The van der Waals surface area contributed by atoms with E-state index in [0.29, 0.717) is 28.7 Å². The summed E-state index contributed by atoms with van der Waals surface area (Å²) in [5.74, 6) is 0.511. The molecule has 1 aliphatic heterocycles. The summed E-state index contributed by atoms with van der Waals surface area (Å²) in [5, 5.41) is 42.3. The van der Waals surface area contributed by atoms with Gasteiger partial charge in [-0.15, -0.1) is 0 Å². The molecule has 1 fully saturated rings. The van der Waals surface area contributed by atoms with Crippen LogP contribution in [0.4, 0.5) is 5.82 Å². The van der Waals surface area contributed by atoms with Crippen LogP contribution in [0.3, 0.4) is 0 Å². The predicted molar refractivity (Wildman–Crippen MR) is 99.4 cm³/mol. The Morgan fingerprint density at radius 2 is 2.11 bits per heavy atom. The zero-order chi connectivity index (χ0) is 19.6. The highest BCUT2D eigenvalue weighted by Gasteiger charge is 2.44. The van der Waals surface area contributed by atoms with E-state index in [4.69, 9.17) is 9.84 Å². The van der Waals surface area contributed by atoms with E-state index in [1.807, 2.05) is 19.3 Å². The van der Waals surface area contributed by atoms with Gasteiger partial charge in [-0.05, 0) is 13.2 Å². The topological polar surface area (TPSA) is 146 Å². The maximum Gasteiger partial charge on any atom is 0.191 e. The Kier molecular flexibility index (Phi) is 6.29. The number of anilines is 1. The fraction of sp³-hybridized carbons (Fsp3) is 0.562. The molecule has 27 heavy (non-hydrogen) atoms. The van der Waals surface area contributed by atoms with Gasteiger partial charge in [-0.3, -0.25) is 4.57 Å². The van der Waals surface area contributed by atoms with E-state index in [2.05, 4.69) is 20.3 Å². The molecular formula is C16H23N5O5S. The maximum atomic E-state index is 10.3. The Labute approximate surface area is 159 Å². The number of imidazole rings is 1. The normalized spacial score (nSPS) is 26.1. The van der Waals surface area contributed by atoms with Gasteiger partial charge in [0.2, 0.25) is 0 Å². The first-order valence-corrected chi connectivity index (χ1v) is 9.64. The van der Waals surface area contributed by atoms with Crippen LogP contribution in [0.25, 0.3) is 11.2 Å². The van der Waals surface area contributed by atoms with E-state index >= 15 is 0 Å². The van der Waals surface area contributed by atoms with E-state index < -0.39 is 31.1 Å². The Morgan fingerprint density at radius 1 is 1.33 bits per heavy atom. The lowest BCUT2D eigenvalue weighted by molar-refractivity contribution is -0.0511. The van der Waals surface area contributed by atoms with Gasteiger partial charge in [0.25, 0.3) is 0 Å². The Hall–Kier alpha value is -1.76. The molecule has 0 bridgehead atoms. The molecular weight excluding hydrogens is 374 g/mol. The van der Waals surface area contributed by atoms with Crippen molar-refractivity contribution in [2.75, 3.05) is 31.3 Å². The Morgan fingerprint density at radius 3 is 2.74 bits per heavy atom. The number of nitrogens with zero attached hydrogens (tertiary/aromatic N) is 4. The van der Waals surface area contributed by atoms with Gasteiger partial charge in [-0.1, -0.05) is 23.4 Å². The van der Waals surface area contributed by atoms with Crippen molar-refractivity contribution in [3.8, 4) is 0 Å². The largest absolute Gasteiger partial charge is 0.394 e. The first kappa shape index (κ1) is 20.0. The maximum absolute atomic E-state index is 10.3. The first-order chi connectivity index (χ1) is 13.0. The van der Waals surface area contributed by atoms with Crippen molar-refractivity contribution in [2.45, 2.75) is 36.6 Å². The number of nitrogens with one attached hydrogen (secondary N) is 1. The van der Waals surface area contributed by atoms with Crippen molar-refractivity contribution < 1.29 is 25.2 Å². The molecule has 4 atom stereocenters. The average molecular weight is 397 g/mol. The second-order valence-electron chi connectivity index (χ2n) is 6.20. The Balaban J connectivity index is 1.96. The molecule has 1 aliphatic rings. The van der Waals surface area contributed by atoms with Crippen LogP contribution in [-0.2, 0) is 4.74 Å². The van der Waals surface area contributed by atoms with Crippen molar-refractivity contribution in [1.82, 2.24) is 19.5 Å². The molecule has 0 aliphatic carbocycles. The van der Waals surface area contributed by atoms with Crippen LogP contribution in [0, 0.1) is 0 Å². The molecule has 2 aromatic rings. The zero-order valence-electron chi connectivity index (χ0n) is 15.0. The summed E-state index contributed by atoms with van der Waals surface area (Å²) in [4.78, 5) is 13.2. The molecule has 5 N–H and O–H groups in total. The standard InChI is InChI=1S/C16H23N5O5S/c1-8(5-22)3-4-17-13-10-14(20-16(19-13)27-2)21(7-18-10)15-12(25)11(24)9(6-23)26-15/h3,7,9,11-12,15,22-25H,4-6H2,1-2H3,(H,17,19,20)/b8-3-/t9-,11+,12?,15-/m1/s1. The van der Waals surface area contributed by atoms with E-state index in [-0.39, 0.29) is 6.61 Å². The third-order valence-electron chi connectivity index (χ3n) is 4.34. The molecule has 2 aromatic heterocycles. The quantitative estimate of drug-likeness (QED) is 0.236. The second kappa shape index (κ2) is 8.50. The highest BCUT2D eigenvalue weighted by molar-refractivity contribution is 7.98. The molecule has 1 unspecified atom stereocenters. The van der Waals surface area contributed by atoms with Crippen LogP contribution >= 0.6 is 11.8 Å². The minimum atomic E-state index is -1.22. The molecule has 148 valence electrons. The van der Waals surface area contributed by atoms with Gasteiger partial charge in [0.05, 0.1) is 19.5 Å². The number of thioether (sulfide) groups is 1. The highest BCUT2D eigenvalue weighted by atomic mass is 32.2. The number of aliphatic hydroxyl groups excluding tert-OH is 4. The van der Waals surface area contributed by atoms with Crippen LogP contribution in [0.15, 0.2) is 23.1 Å². The number of aliphatic hydroxyl groups is 4. The Bertz CT molecular complexity index is 829. The van der Waals surface area contributed by atoms with Gasteiger partial charge in [0, 0.05) is 6.54 Å². The lowest BCUT2D eigenvalue weighted by Crippen LogP contribution is -2.33. The molecule has 0 radical (unpaired) electrons. The van der Waals surface area contributed by atoms with Gasteiger partial charge in [0.1, 0.15) is 18.3 Å². The van der Waals surface area contributed by atoms with Crippen molar-refractivity contribution in [2.24, 2.45) is 0 Å². The van der Waals surface area contributed by atoms with Gasteiger partial charge >= 0.3 is 0 Å². The fourth-order valence-corrected chi connectivity index (χ4v) is 3.15. The molecule has 10 nitrogen and oxygen atoms in total. The van der Waals surface area contributed by atoms with Gasteiger partial charge in [-0.25, -0.2) is 15.0 Å². The zero-order valence-corrected chi connectivity index (χ0v) is 15.8. The van der Waals surface area contributed by atoms with Crippen molar-refractivity contribution in [1.29, 1.82) is 0 Å². The second-order valence-corrected chi connectivity index (χ2v) is 6.97. The van der Waals surface area contributed by atoms with Gasteiger partial charge < -0.3 is 30.5 Å². The summed E-state index contributed by atoms with van der Waals surface area (Å²) in [6.45, 7) is 1.85. The summed E-state index contributed by atoms with van der Waals surface area (Å²) in [6, 6.07) is 0. The first-order valence-electron chi connectivity index (χ1n) is 8.41. The molecule has 0 aromatic carbocycles. The fourth-order valence-electron chi connectivity index (χ4n) is 2.79. The average Bonchev–Trinajstić information content (AvgIpc) is 3.22. The number of aromatic nitrogens is 4. The summed E-state index contributed by atoms with van der Waals surface area (Å²) in [7, 11) is 0. The monoisotopic (exact) mass is 397 g/mol. The summed E-state index contributed by atoms with van der Waals surface area (Å²) < 4.78 is 7.10. The van der Waals surface area contributed by atoms with Crippen LogP contribution in [0.2, 0.25) is 0 Å². The van der Waals surface area contributed by atoms with Gasteiger partial charge in [-0.2, -0.15) is 0 Å². The van der Waals surface area contributed by atoms with Crippen LogP contribution in [0.1, 0.15) is 13.2 Å². The molecule has 0 saturated carbocycles. The lowest BCUT2D eigenvalue weighted by atomic mass is 10.1. The smallest absolute Gasteiger partial charge is 0.191 e. The molecule has 0 amide bonds. The van der Waals surface area contributed by atoms with E-state index in [0.717, 1.165) is 5.57 Å². The predicted octanol–water partition coefficient (Wildman–Crippen LogP) is -0.490. The van der Waals surface area contributed by atoms with E-state index in [1.54, 1.807) is 0 Å². The highest BCUT2D eigenvalue weighted by Crippen LogP contribution is 2.32. The number of ether oxygens (including phenoxy) is 1. The lowest BCUT2D eigenvalue weighted by Gasteiger charge is -2.17. The van der Waals surface area contributed by atoms with Crippen molar-refractivity contribution in [3.05, 3.63) is 18.0 Å². The molecule has 0 spiro atoms. The number of fused-ring (bicyclic) bond motifs is 1. The van der Waals surface area contributed by atoms with Crippen LogP contribution in [-0.4, -0.2) is 84.3 Å². The minimum Gasteiger partial charge on any atom is -0.394 e. The number of hydrogen-bond acceptors (Lipinski definition) is 10. The van der Waals surface area contributed by atoms with Gasteiger partial charge in [0.15, 0.2) is 28.4 Å². The number of rotatable bonds is 7. The SMILES string of the molecule is CSc1nc(NC/C=C(/C)CO)c2ncn([C@@H]3O[C@H](CO)[C@H](O)C3O)c2n1. The third-order valence-corrected chi connectivity index (χ3v) is 4.89. The molecule has 11 heteroatoms. The molecule has 3 rings (SSSR count). The third kappa shape index (κ3) is 3.93. The summed E-state index contributed by atoms with van der Waals surface area (Å²) in [6.07, 6.45) is 0.917. The van der Waals surface area contributed by atoms with Crippen molar-refractivity contribution >= 4 is 28.7 Å². The van der Waals surface area contributed by atoms with E-state index in [1.165, 1.54) is 22.7 Å². The van der Waals surface area contributed by atoms with Crippen LogP contribution in [0.5, 0.6) is 0 Å². The molecule has 3 heterocycles. The number of hydrogen-bond donors (Lipinski definition) is 5. The molecule has 1 saturated heterocycles. The minimum absolute atomic E-state index is 0.0171. The van der Waals surface area contributed by atoms with E-state index in [9.17, 15) is 15.3 Å². The summed E-state index contributed by atoms with van der Waals surface area (Å²) >= 11 is 1.35. The summed E-state index contributed by atoms with van der Waals surface area (Å²) in [5.41, 5.74) is 1.75. The van der Waals surface area contributed by atoms with Crippen molar-refractivity contribution in [3.63, 3.8) is 0 Å².